The molecule has 0 spiro atoms. The SMILES string of the molecule is ClC(Cl)CC1(c2ccccc2)CO1. The fraction of sp³-hybridized carbons (Fsp3) is 0.400. The van der Waals surface area contributed by atoms with Gasteiger partial charge < -0.3 is 4.74 Å². The van der Waals surface area contributed by atoms with Crippen molar-refractivity contribution in [2.75, 3.05) is 6.61 Å². The zero-order valence-electron chi connectivity index (χ0n) is 7.04. The van der Waals surface area contributed by atoms with E-state index < -0.39 is 0 Å². The molecule has 1 atom stereocenters. The Morgan fingerprint density at radius 1 is 1.31 bits per heavy atom. The van der Waals surface area contributed by atoms with Gasteiger partial charge in [-0.05, 0) is 5.56 Å². The smallest absolute Gasteiger partial charge is 0.119 e. The molecule has 1 saturated heterocycles. The van der Waals surface area contributed by atoms with Crippen molar-refractivity contribution in [3.05, 3.63) is 35.9 Å². The molecule has 0 N–H and O–H groups in total. The monoisotopic (exact) mass is 216 g/mol. The van der Waals surface area contributed by atoms with Gasteiger partial charge in [0.25, 0.3) is 0 Å². The first kappa shape index (κ1) is 9.32. The van der Waals surface area contributed by atoms with Crippen molar-refractivity contribution in [2.24, 2.45) is 0 Å². The molecular formula is C10H10Cl2O. The first-order chi connectivity index (χ1) is 6.23. The Bertz CT molecular complexity index is 280. The molecule has 0 radical (unpaired) electrons. The van der Waals surface area contributed by atoms with Gasteiger partial charge in [-0.3, -0.25) is 0 Å². The molecule has 1 nitrogen and oxygen atoms in total. The largest absolute Gasteiger partial charge is 0.364 e. The number of ether oxygens (including phenoxy) is 1. The van der Waals surface area contributed by atoms with Crippen LogP contribution in [-0.2, 0) is 10.3 Å². The summed E-state index contributed by atoms with van der Waals surface area (Å²) < 4.78 is 5.42. The quantitative estimate of drug-likeness (QED) is 0.559. The molecule has 1 aromatic carbocycles. The fourth-order valence-electron chi connectivity index (χ4n) is 1.48. The van der Waals surface area contributed by atoms with Gasteiger partial charge in [0.15, 0.2) is 0 Å². The lowest BCUT2D eigenvalue weighted by molar-refractivity contribution is 0.298. The average Bonchev–Trinajstić information content (AvgIpc) is 2.86. The minimum Gasteiger partial charge on any atom is -0.364 e. The molecule has 0 aromatic heterocycles. The fourth-order valence-corrected chi connectivity index (χ4v) is 1.98. The molecule has 2 rings (SSSR count). The van der Waals surface area contributed by atoms with E-state index in [0.717, 1.165) is 6.61 Å². The van der Waals surface area contributed by atoms with Crippen LogP contribution in [0.5, 0.6) is 0 Å². The molecular weight excluding hydrogens is 207 g/mol. The molecule has 13 heavy (non-hydrogen) atoms. The molecule has 1 aromatic rings. The van der Waals surface area contributed by atoms with Gasteiger partial charge in [0.1, 0.15) is 10.4 Å². The Morgan fingerprint density at radius 2 is 1.92 bits per heavy atom. The van der Waals surface area contributed by atoms with Crippen LogP contribution in [0.25, 0.3) is 0 Å². The van der Waals surface area contributed by atoms with Gasteiger partial charge in [-0.1, -0.05) is 30.3 Å². The van der Waals surface area contributed by atoms with Gasteiger partial charge >= 0.3 is 0 Å². The second-order valence-electron chi connectivity index (χ2n) is 3.24. The Labute approximate surface area is 87.6 Å². The molecule has 1 aliphatic rings. The van der Waals surface area contributed by atoms with E-state index in [2.05, 4.69) is 0 Å². The van der Waals surface area contributed by atoms with E-state index >= 15 is 0 Å². The minimum atomic E-state index is -0.359. The molecule has 70 valence electrons. The van der Waals surface area contributed by atoms with Gasteiger partial charge in [0.2, 0.25) is 0 Å². The summed E-state index contributed by atoms with van der Waals surface area (Å²) >= 11 is 11.5. The van der Waals surface area contributed by atoms with Crippen LogP contribution in [0.4, 0.5) is 0 Å². The van der Waals surface area contributed by atoms with Crippen molar-refractivity contribution in [2.45, 2.75) is 16.9 Å². The van der Waals surface area contributed by atoms with Crippen molar-refractivity contribution >= 4 is 23.2 Å². The summed E-state index contributed by atoms with van der Waals surface area (Å²) in [6.07, 6.45) is 0.667. The molecule has 0 saturated carbocycles. The Kier molecular flexibility index (Phi) is 2.50. The Hall–Kier alpha value is -0.240. The van der Waals surface area contributed by atoms with Crippen molar-refractivity contribution in [1.29, 1.82) is 0 Å². The number of alkyl halides is 2. The predicted octanol–water partition coefficient (Wildman–Crippen LogP) is 3.11. The van der Waals surface area contributed by atoms with E-state index in [1.165, 1.54) is 5.56 Å². The van der Waals surface area contributed by atoms with E-state index in [4.69, 9.17) is 27.9 Å². The maximum atomic E-state index is 5.74. The lowest BCUT2D eigenvalue weighted by Gasteiger charge is -2.11. The molecule has 3 heteroatoms. The van der Waals surface area contributed by atoms with E-state index in [1.54, 1.807) is 0 Å². The van der Waals surface area contributed by atoms with E-state index in [-0.39, 0.29) is 10.4 Å². The number of rotatable bonds is 3. The van der Waals surface area contributed by atoms with Crippen LogP contribution in [0, 0.1) is 0 Å². The van der Waals surface area contributed by atoms with Gasteiger partial charge in [0.05, 0.1) is 6.61 Å². The third-order valence-electron chi connectivity index (χ3n) is 2.28. The van der Waals surface area contributed by atoms with Gasteiger partial charge in [-0.25, -0.2) is 0 Å². The highest BCUT2D eigenvalue weighted by Gasteiger charge is 2.47. The second-order valence-corrected chi connectivity index (χ2v) is 4.52. The Balaban J connectivity index is 2.16. The normalized spacial score (nSPS) is 26.4. The minimum absolute atomic E-state index is 0.199. The van der Waals surface area contributed by atoms with Crippen molar-refractivity contribution in [3.8, 4) is 0 Å². The van der Waals surface area contributed by atoms with Crippen LogP contribution in [-0.4, -0.2) is 11.4 Å². The molecule has 0 aliphatic carbocycles. The lowest BCUT2D eigenvalue weighted by atomic mass is 9.97. The average molecular weight is 217 g/mol. The van der Waals surface area contributed by atoms with Crippen LogP contribution in [0.1, 0.15) is 12.0 Å². The number of hydrogen-bond acceptors (Lipinski definition) is 1. The van der Waals surface area contributed by atoms with Gasteiger partial charge in [0, 0.05) is 6.42 Å². The maximum Gasteiger partial charge on any atom is 0.119 e. The van der Waals surface area contributed by atoms with E-state index in [9.17, 15) is 0 Å². The number of hydrogen-bond donors (Lipinski definition) is 0. The number of halogens is 2. The molecule has 0 amide bonds. The number of epoxide rings is 1. The summed E-state index contributed by atoms with van der Waals surface area (Å²) in [4.78, 5) is -0.359. The van der Waals surface area contributed by atoms with Crippen molar-refractivity contribution in [1.82, 2.24) is 0 Å². The van der Waals surface area contributed by atoms with Crippen LogP contribution < -0.4 is 0 Å². The summed E-state index contributed by atoms with van der Waals surface area (Å²) in [6, 6.07) is 10.1. The van der Waals surface area contributed by atoms with E-state index in [0.29, 0.717) is 6.42 Å². The summed E-state index contributed by atoms with van der Waals surface area (Å²) in [5, 5.41) is 0. The topological polar surface area (TPSA) is 12.5 Å². The molecule has 1 aliphatic heterocycles. The predicted molar refractivity (Wildman–Crippen MR) is 54.2 cm³/mol. The van der Waals surface area contributed by atoms with Gasteiger partial charge in [-0.2, -0.15) is 0 Å². The lowest BCUT2D eigenvalue weighted by Crippen LogP contribution is -2.12. The summed E-state index contributed by atoms with van der Waals surface area (Å²) in [7, 11) is 0. The molecule has 1 heterocycles. The molecule has 1 fully saturated rings. The summed E-state index contributed by atoms with van der Waals surface area (Å²) in [5.74, 6) is 0. The second kappa shape index (κ2) is 3.49. The zero-order chi connectivity index (χ0) is 9.31. The van der Waals surface area contributed by atoms with Crippen LogP contribution in [0.2, 0.25) is 0 Å². The summed E-state index contributed by atoms with van der Waals surface area (Å²) in [5.41, 5.74) is 0.969. The van der Waals surface area contributed by atoms with Crippen LogP contribution >= 0.6 is 23.2 Å². The summed E-state index contributed by atoms with van der Waals surface area (Å²) in [6.45, 7) is 0.729. The van der Waals surface area contributed by atoms with Gasteiger partial charge in [-0.15, -0.1) is 23.2 Å². The molecule has 1 unspecified atom stereocenters. The highest BCUT2D eigenvalue weighted by Crippen LogP contribution is 2.44. The standard InChI is InChI=1S/C10H10Cl2O/c11-9(12)6-10(7-13-10)8-4-2-1-3-5-8/h1-5,9H,6-7H2. The van der Waals surface area contributed by atoms with E-state index in [1.807, 2.05) is 30.3 Å². The van der Waals surface area contributed by atoms with Crippen molar-refractivity contribution < 1.29 is 4.74 Å². The van der Waals surface area contributed by atoms with Crippen LogP contribution in [0.15, 0.2) is 30.3 Å². The van der Waals surface area contributed by atoms with Crippen molar-refractivity contribution in [3.63, 3.8) is 0 Å². The number of benzene rings is 1. The van der Waals surface area contributed by atoms with Crippen LogP contribution in [0.3, 0.4) is 0 Å². The third kappa shape index (κ3) is 1.98. The third-order valence-corrected chi connectivity index (χ3v) is 2.59. The highest BCUT2D eigenvalue weighted by molar-refractivity contribution is 6.44. The Morgan fingerprint density at radius 3 is 2.38 bits per heavy atom. The molecule has 0 bridgehead atoms. The first-order valence-electron chi connectivity index (χ1n) is 4.21. The first-order valence-corrected chi connectivity index (χ1v) is 5.08. The zero-order valence-corrected chi connectivity index (χ0v) is 8.55. The maximum absolute atomic E-state index is 5.74. The highest BCUT2D eigenvalue weighted by atomic mass is 35.5.